The van der Waals surface area contributed by atoms with Crippen LogP contribution in [-0.4, -0.2) is 23.3 Å². The number of fused-ring (bicyclic) bond motifs is 1. The molecule has 1 aromatic heterocycles. The summed E-state index contributed by atoms with van der Waals surface area (Å²) in [5, 5.41) is 4.68. The molecule has 0 bridgehead atoms. The third kappa shape index (κ3) is 4.42. The van der Waals surface area contributed by atoms with Crippen LogP contribution in [0.25, 0.3) is 10.9 Å². The Morgan fingerprint density at radius 2 is 1.93 bits per heavy atom. The maximum absolute atomic E-state index is 12.7. The first-order valence-electron chi connectivity index (χ1n) is 9.00. The van der Waals surface area contributed by atoms with Crippen molar-refractivity contribution in [2.75, 3.05) is 12.4 Å². The summed E-state index contributed by atoms with van der Waals surface area (Å²) >= 11 is 1.49. The number of aryl methyl sites for hydroxylation is 2. The summed E-state index contributed by atoms with van der Waals surface area (Å²) in [4.78, 5) is 17.5. The third-order valence-corrected chi connectivity index (χ3v) is 5.73. The minimum atomic E-state index is -0.217. The van der Waals surface area contributed by atoms with E-state index in [1.807, 2.05) is 62.4 Å². The third-order valence-electron chi connectivity index (χ3n) is 4.45. The van der Waals surface area contributed by atoms with Gasteiger partial charge in [-0.3, -0.25) is 4.79 Å². The molecule has 27 heavy (non-hydrogen) atoms. The Morgan fingerprint density at radius 1 is 1.19 bits per heavy atom. The number of anilines is 1. The summed E-state index contributed by atoms with van der Waals surface area (Å²) in [6, 6.07) is 15.8. The molecule has 0 saturated carbocycles. The van der Waals surface area contributed by atoms with Crippen LogP contribution in [0.3, 0.4) is 0 Å². The van der Waals surface area contributed by atoms with Crippen LogP contribution >= 0.6 is 11.8 Å². The smallest absolute Gasteiger partial charge is 0.237 e. The Balaban J connectivity index is 1.83. The summed E-state index contributed by atoms with van der Waals surface area (Å²) in [5.41, 5.74) is 3.93. The van der Waals surface area contributed by atoms with Gasteiger partial charge in [-0.2, -0.15) is 0 Å². The Hall–Kier alpha value is -2.53. The minimum Gasteiger partial charge on any atom is -0.494 e. The quantitative estimate of drug-likeness (QED) is 0.584. The molecule has 0 saturated heterocycles. The number of methoxy groups -OCH3 is 1. The number of nitrogens with zero attached hydrogens (tertiary/aromatic N) is 1. The number of carbonyl (C=O) groups is 1. The lowest BCUT2D eigenvalue weighted by molar-refractivity contribution is -0.115. The van der Waals surface area contributed by atoms with Crippen LogP contribution in [-0.2, 0) is 4.79 Å². The number of amides is 1. The standard InChI is InChI=1S/C22H24N2O2S/c1-5-19(22(25)23-16-11-9-14(2)10-12-16)27-20-13-15(3)17-7-6-8-18(26-4)21(17)24-20/h6-13,19H,5H2,1-4H3,(H,23,25). The van der Waals surface area contributed by atoms with Crippen LogP contribution in [0.5, 0.6) is 5.75 Å². The highest BCUT2D eigenvalue weighted by Gasteiger charge is 2.20. The molecule has 5 heteroatoms. The highest BCUT2D eigenvalue weighted by molar-refractivity contribution is 8.00. The van der Waals surface area contributed by atoms with E-state index in [1.54, 1.807) is 7.11 Å². The first kappa shape index (κ1) is 19.2. The van der Waals surface area contributed by atoms with Crippen molar-refractivity contribution in [1.29, 1.82) is 0 Å². The zero-order valence-electron chi connectivity index (χ0n) is 16.1. The van der Waals surface area contributed by atoms with Crippen LogP contribution in [0, 0.1) is 13.8 Å². The molecule has 2 aromatic carbocycles. The van der Waals surface area contributed by atoms with E-state index in [4.69, 9.17) is 9.72 Å². The molecule has 140 valence electrons. The summed E-state index contributed by atoms with van der Waals surface area (Å²) in [6.07, 6.45) is 0.715. The van der Waals surface area contributed by atoms with E-state index in [-0.39, 0.29) is 11.2 Å². The largest absolute Gasteiger partial charge is 0.494 e. The van der Waals surface area contributed by atoms with E-state index in [0.29, 0.717) is 6.42 Å². The van der Waals surface area contributed by atoms with Gasteiger partial charge in [0.25, 0.3) is 0 Å². The van der Waals surface area contributed by atoms with Crippen LogP contribution in [0.2, 0.25) is 0 Å². The average Bonchev–Trinajstić information content (AvgIpc) is 2.67. The molecule has 0 fully saturated rings. The lowest BCUT2D eigenvalue weighted by Crippen LogP contribution is -2.24. The average molecular weight is 381 g/mol. The monoisotopic (exact) mass is 380 g/mol. The van der Waals surface area contributed by atoms with Gasteiger partial charge in [-0.1, -0.05) is 48.5 Å². The van der Waals surface area contributed by atoms with Crippen molar-refractivity contribution in [2.24, 2.45) is 0 Å². The predicted molar refractivity (Wildman–Crippen MR) is 113 cm³/mol. The van der Waals surface area contributed by atoms with Crippen LogP contribution in [0.15, 0.2) is 53.6 Å². The number of para-hydroxylation sites is 1. The van der Waals surface area contributed by atoms with Gasteiger partial charge in [-0.25, -0.2) is 4.98 Å². The van der Waals surface area contributed by atoms with E-state index < -0.39 is 0 Å². The van der Waals surface area contributed by atoms with Gasteiger partial charge in [0.15, 0.2) is 0 Å². The van der Waals surface area contributed by atoms with Crippen LogP contribution in [0.4, 0.5) is 5.69 Å². The van der Waals surface area contributed by atoms with E-state index >= 15 is 0 Å². The SMILES string of the molecule is CCC(Sc1cc(C)c2cccc(OC)c2n1)C(=O)Nc1ccc(C)cc1. The van der Waals surface area contributed by atoms with E-state index in [1.165, 1.54) is 17.3 Å². The molecule has 1 unspecified atom stereocenters. The molecule has 0 radical (unpaired) electrons. The van der Waals surface area contributed by atoms with Gasteiger partial charge in [0.1, 0.15) is 11.3 Å². The van der Waals surface area contributed by atoms with Crippen molar-refractivity contribution in [3.05, 3.63) is 59.7 Å². The Bertz CT molecular complexity index is 954. The number of hydrogen-bond acceptors (Lipinski definition) is 4. The Labute approximate surface area is 164 Å². The number of pyridine rings is 1. The number of hydrogen-bond donors (Lipinski definition) is 1. The zero-order chi connectivity index (χ0) is 19.4. The topological polar surface area (TPSA) is 51.2 Å². The summed E-state index contributed by atoms with van der Waals surface area (Å²) < 4.78 is 5.45. The van der Waals surface area contributed by atoms with Gasteiger partial charge in [-0.05, 0) is 50.1 Å². The lowest BCUT2D eigenvalue weighted by atomic mass is 10.1. The van der Waals surface area contributed by atoms with Gasteiger partial charge in [0.2, 0.25) is 5.91 Å². The summed E-state index contributed by atoms with van der Waals surface area (Å²) in [6.45, 7) is 6.10. The van der Waals surface area contributed by atoms with Gasteiger partial charge < -0.3 is 10.1 Å². The Kier molecular flexibility index (Phi) is 6.01. The van der Waals surface area contributed by atoms with Crippen molar-refractivity contribution < 1.29 is 9.53 Å². The van der Waals surface area contributed by atoms with E-state index in [2.05, 4.69) is 12.2 Å². The number of rotatable bonds is 6. The molecule has 0 aliphatic carbocycles. The maximum Gasteiger partial charge on any atom is 0.237 e. The lowest BCUT2D eigenvalue weighted by Gasteiger charge is -2.16. The molecule has 0 aliphatic rings. The second kappa shape index (κ2) is 8.44. The molecule has 0 spiro atoms. The predicted octanol–water partition coefficient (Wildman–Crippen LogP) is 5.37. The molecule has 1 atom stereocenters. The number of nitrogens with one attached hydrogen (secondary N) is 1. The zero-order valence-corrected chi connectivity index (χ0v) is 16.9. The number of ether oxygens (including phenoxy) is 1. The van der Waals surface area contributed by atoms with Gasteiger partial charge in [-0.15, -0.1) is 0 Å². The normalized spacial score (nSPS) is 12.0. The molecule has 3 aromatic rings. The molecular formula is C22H24N2O2S. The van der Waals surface area contributed by atoms with E-state index in [9.17, 15) is 4.79 Å². The molecule has 1 N–H and O–H groups in total. The van der Waals surface area contributed by atoms with E-state index in [0.717, 1.165) is 32.9 Å². The highest BCUT2D eigenvalue weighted by Crippen LogP contribution is 2.32. The second-order valence-corrected chi connectivity index (χ2v) is 7.73. The van der Waals surface area contributed by atoms with Crippen LogP contribution in [0.1, 0.15) is 24.5 Å². The maximum atomic E-state index is 12.7. The van der Waals surface area contributed by atoms with Gasteiger partial charge in [0.05, 0.1) is 17.4 Å². The second-order valence-electron chi connectivity index (χ2n) is 6.50. The number of thioether (sulfide) groups is 1. The molecule has 3 rings (SSSR count). The first-order valence-corrected chi connectivity index (χ1v) is 9.88. The van der Waals surface area contributed by atoms with Crippen molar-refractivity contribution in [2.45, 2.75) is 37.5 Å². The fraction of sp³-hybridized carbons (Fsp3) is 0.273. The van der Waals surface area contributed by atoms with Crippen molar-refractivity contribution >= 4 is 34.3 Å². The highest BCUT2D eigenvalue weighted by atomic mass is 32.2. The van der Waals surface area contributed by atoms with Crippen LogP contribution < -0.4 is 10.1 Å². The minimum absolute atomic E-state index is 0.00840. The first-order chi connectivity index (χ1) is 13.0. The summed E-state index contributed by atoms with van der Waals surface area (Å²) in [7, 11) is 1.65. The summed E-state index contributed by atoms with van der Waals surface area (Å²) in [5.74, 6) is 0.737. The fourth-order valence-electron chi connectivity index (χ4n) is 2.91. The molecule has 0 aliphatic heterocycles. The number of carbonyl (C=O) groups excluding carboxylic acids is 1. The Morgan fingerprint density at radius 3 is 2.59 bits per heavy atom. The number of benzene rings is 2. The van der Waals surface area contributed by atoms with Gasteiger partial charge >= 0.3 is 0 Å². The molecule has 4 nitrogen and oxygen atoms in total. The van der Waals surface area contributed by atoms with Crippen molar-refractivity contribution in [3.63, 3.8) is 0 Å². The fourth-order valence-corrected chi connectivity index (χ4v) is 3.93. The van der Waals surface area contributed by atoms with Crippen molar-refractivity contribution in [3.8, 4) is 5.75 Å². The molecule has 1 heterocycles. The molecule has 1 amide bonds. The number of aromatic nitrogens is 1. The van der Waals surface area contributed by atoms with Crippen molar-refractivity contribution in [1.82, 2.24) is 4.98 Å². The van der Waals surface area contributed by atoms with Gasteiger partial charge in [0, 0.05) is 11.1 Å². The molecular weight excluding hydrogens is 356 g/mol.